The summed E-state index contributed by atoms with van der Waals surface area (Å²) in [4.78, 5) is 62.0. The van der Waals surface area contributed by atoms with Gasteiger partial charge in [0.05, 0.1) is 30.0 Å². The Morgan fingerprint density at radius 1 is 0.911 bits per heavy atom. The third kappa shape index (κ3) is 8.52. The van der Waals surface area contributed by atoms with Crippen molar-refractivity contribution in [3.63, 3.8) is 0 Å². The Morgan fingerprint density at radius 2 is 1.51 bits per heavy atom. The van der Waals surface area contributed by atoms with Crippen LogP contribution in [0, 0.1) is 13.8 Å². The molecule has 0 spiro atoms. The lowest BCUT2D eigenvalue weighted by molar-refractivity contribution is 0.0517. The third-order valence-electron chi connectivity index (χ3n) is 6.99. The van der Waals surface area contributed by atoms with Crippen LogP contribution in [-0.4, -0.2) is 83.3 Å². The van der Waals surface area contributed by atoms with E-state index in [2.05, 4.69) is 25.6 Å². The first-order valence-corrected chi connectivity index (χ1v) is 14.6. The van der Waals surface area contributed by atoms with Gasteiger partial charge in [-0.25, -0.2) is 29.1 Å². The molecule has 1 atom stereocenters. The molecule has 2 aromatic carbocycles. The predicted octanol–water partition coefficient (Wildman–Crippen LogP) is 3.39. The molecule has 1 fully saturated rings. The minimum Gasteiger partial charge on any atom is -0.462 e. The second kappa shape index (κ2) is 15.1. The van der Waals surface area contributed by atoms with Crippen LogP contribution in [0.1, 0.15) is 57.9 Å². The van der Waals surface area contributed by atoms with E-state index in [0.29, 0.717) is 53.7 Å². The lowest BCUT2D eigenvalue weighted by atomic mass is 10.2. The molecule has 4 rings (SSSR count). The van der Waals surface area contributed by atoms with E-state index in [4.69, 9.17) is 15.2 Å². The van der Waals surface area contributed by atoms with E-state index < -0.39 is 30.2 Å². The summed E-state index contributed by atoms with van der Waals surface area (Å²) in [6, 6.07) is 13.6. The first-order chi connectivity index (χ1) is 21.6. The van der Waals surface area contributed by atoms with Gasteiger partial charge in [-0.3, -0.25) is 15.2 Å². The van der Waals surface area contributed by atoms with Gasteiger partial charge in [0, 0.05) is 43.2 Å². The lowest BCUT2D eigenvalue weighted by Crippen LogP contribution is -2.47. The maximum absolute atomic E-state index is 13.1. The molecule has 14 nitrogen and oxygen atoms in total. The second-order valence-electron chi connectivity index (χ2n) is 10.2. The molecule has 4 N–H and O–H groups in total. The number of urea groups is 2. The Hall–Kier alpha value is -5.08. The van der Waals surface area contributed by atoms with Gasteiger partial charge in [0.15, 0.2) is 0 Å². The van der Waals surface area contributed by atoms with Gasteiger partial charge in [-0.15, -0.1) is 0 Å². The molecule has 2 heterocycles. The molecule has 0 aliphatic carbocycles. The number of amides is 4. The summed E-state index contributed by atoms with van der Waals surface area (Å²) in [6.45, 7) is 9.31. The summed E-state index contributed by atoms with van der Waals surface area (Å²) >= 11 is 0. The Labute approximate surface area is 261 Å². The summed E-state index contributed by atoms with van der Waals surface area (Å²) in [6.07, 6.45) is -0.469. The number of benzene rings is 2. The van der Waals surface area contributed by atoms with Gasteiger partial charge >= 0.3 is 24.0 Å². The van der Waals surface area contributed by atoms with Crippen molar-refractivity contribution >= 4 is 35.4 Å². The highest BCUT2D eigenvalue weighted by Gasteiger charge is 2.36. The van der Waals surface area contributed by atoms with Crippen LogP contribution in [0.3, 0.4) is 0 Å². The van der Waals surface area contributed by atoms with Gasteiger partial charge < -0.3 is 20.5 Å². The van der Waals surface area contributed by atoms with Crippen molar-refractivity contribution in [1.82, 2.24) is 25.3 Å². The van der Waals surface area contributed by atoms with Crippen molar-refractivity contribution in [1.29, 1.82) is 0 Å². The van der Waals surface area contributed by atoms with Gasteiger partial charge in [-0.05, 0) is 82.3 Å². The number of hydrogen-bond donors (Lipinski definition) is 3. The number of nitrogens with zero attached hydrogens (tertiary/aromatic N) is 5. The lowest BCUT2D eigenvalue weighted by Gasteiger charge is -2.31. The number of nitrogens with two attached hydrogens (primary N) is 1. The number of aryl methyl sites for hydroxylation is 2. The van der Waals surface area contributed by atoms with Crippen LogP contribution in [-0.2, 0) is 9.47 Å². The SMILES string of the molecule is CCOC(=O)c1ccc(NC(=O)NN2CCN(CCN(C(N)=O)c3ccc(C(=O)OCC)cc3)C2c2cc(C)nc(C)n2)cc1. The number of anilines is 2. The molecule has 0 saturated carbocycles. The van der Waals surface area contributed by atoms with E-state index in [0.717, 1.165) is 5.69 Å². The van der Waals surface area contributed by atoms with E-state index in [1.54, 1.807) is 74.3 Å². The number of esters is 2. The number of rotatable bonds is 11. The molecule has 0 radical (unpaired) electrons. The molecule has 45 heavy (non-hydrogen) atoms. The summed E-state index contributed by atoms with van der Waals surface area (Å²) < 4.78 is 10.0. The van der Waals surface area contributed by atoms with Crippen LogP contribution in [0.15, 0.2) is 54.6 Å². The topological polar surface area (TPSA) is 172 Å². The maximum atomic E-state index is 13.1. The minimum atomic E-state index is -0.647. The second-order valence-corrected chi connectivity index (χ2v) is 10.2. The molecule has 1 saturated heterocycles. The van der Waals surface area contributed by atoms with E-state index in [9.17, 15) is 19.2 Å². The van der Waals surface area contributed by atoms with Crippen molar-refractivity contribution in [2.45, 2.75) is 33.9 Å². The smallest absolute Gasteiger partial charge is 0.338 e. The summed E-state index contributed by atoms with van der Waals surface area (Å²) in [7, 11) is 0. The highest BCUT2D eigenvalue weighted by Crippen LogP contribution is 2.28. The van der Waals surface area contributed by atoms with Gasteiger partial charge in [-0.2, -0.15) is 5.01 Å². The van der Waals surface area contributed by atoms with Crippen LogP contribution in [0.5, 0.6) is 0 Å². The number of carbonyl (C=O) groups excluding carboxylic acids is 4. The monoisotopic (exact) mass is 618 g/mol. The van der Waals surface area contributed by atoms with Crippen LogP contribution >= 0.6 is 0 Å². The van der Waals surface area contributed by atoms with Crippen LogP contribution in [0.4, 0.5) is 21.0 Å². The highest BCUT2D eigenvalue weighted by molar-refractivity contribution is 5.93. The molecule has 1 aliphatic heterocycles. The number of hydrogen-bond acceptors (Lipinski definition) is 10. The van der Waals surface area contributed by atoms with Crippen molar-refractivity contribution in [2.24, 2.45) is 5.73 Å². The number of hydrazine groups is 1. The summed E-state index contributed by atoms with van der Waals surface area (Å²) in [5.74, 6) is -0.300. The molecule has 14 heteroatoms. The van der Waals surface area contributed by atoms with Crippen LogP contribution in [0.2, 0.25) is 0 Å². The zero-order valence-corrected chi connectivity index (χ0v) is 25.8. The number of nitrogens with one attached hydrogen (secondary N) is 2. The number of ether oxygens (including phenoxy) is 2. The van der Waals surface area contributed by atoms with E-state index in [-0.39, 0.29) is 19.8 Å². The molecular weight excluding hydrogens is 580 g/mol. The zero-order valence-electron chi connectivity index (χ0n) is 25.8. The Bertz CT molecular complexity index is 1500. The Kier molecular flexibility index (Phi) is 11.0. The average Bonchev–Trinajstić information content (AvgIpc) is 3.39. The van der Waals surface area contributed by atoms with E-state index >= 15 is 0 Å². The molecule has 1 unspecified atom stereocenters. The first kappa shape index (κ1) is 32.8. The van der Waals surface area contributed by atoms with Crippen molar-refractivity contribution in [3.8, 4) is 0 Å². The third-order valence-corrected chi connectivity index (χ3v) is 6.99. The normalized spacial score (nSPS) is 14.9. The molecule has 4 amide bonds. The van der Waals surface area contributed by atoms with Crippen molar-refractivity contribution in [2.75, 3.05) is 49.6 Å². The molecule has 3 aromatic rings. The van der Waals surface area contributed by atoms with Gasteiger partial charge in [0.25, 0.3) is 0 Å². The maximum Gasteiger partial charge on any atom is 0.338 e. The fourth-order valence-electron chi connectivity index (χ4n) is 5.03. The fourth-order valence-corrected chi connectivity index (χ4v) is 5.03. The highest BCUT2D eigenvalue weighted by atomic mass is 16.5. The standard InChI is InChI=1S/C31H38N8O6/c1-5-44-28(40)22-7-11-24(12-8-22)35-31(43)36-39-18-16-37(27(39)26-19-20(3)33-21(4)34-26)15-17-38(30(32)42)25-13-9-23(10-14-25)29(41)45-6-2/h7-14,19,27H,5-6,15-18H2,1-4H3,(H2,32,42)(H2,35,36,43). The van der Waals surface area contributed by atoms with Crippen LogP contribution in [0.25, 0.3) is 0 Å². The van der Waals surface area contributed by atoms with Gasteiger partial charge in [0.2, 0.25) is 0 Å². The van der Waals surface area contributed by atoms with Crippen LogP contribution < -0.4 is 21.4 Å². The molecule has 238 valence electrons. The molecule has 0 bridgehead atoms. The number of carbonyl (C=O) groups is 4. The average molecular weight is 619 g/mol. The molecular formula is C31H38N8O6. The Morgan fingerprint density at radius 3 is 2.07 bits per heavy atom. The number of primary amides is 1. The number of aromatic nitrogens is 2. The first-order valence-electron chi connectivity index (χ1n) is 14.6. The molecule has 1 aromatic heterocycles. The van der Waals surface area contributed by atoms with Gasteiger partial charge in [0.1, 0.15) is 12.0 Å². The van der Waals surface area contributed by atoms with Crippen molar-refractivity contribution in [3.05, 3.63) is 82.9 Å². The quantitative estimate of drug-likeness (QED) is 0.271. The predicted molar refractivity (Wildman–Crippen MR) is 166 cm³/mol. The van der Waals surface area contributed by atoms with Gasteiger partial charge in [-0.1, -0.05) is 0 Å². The molecule has 1 aliphatic rings. The zero-order chi connectivity index (χ0) is 32.5. The largest absolute Gasteiger partial charge is 0.462 e. The minimum absolute atomic E-state index is 0.237. The van der Waals surface area contributed by atoms with E-state index in [1.165, 1.54) is 4.90 Å². The van der Waals surface area contributed by atoms with Crippen molar-refractivity contribution < 1.29 is 28.7 Å². The fraction of sp³-hybridized carbons (Fsp3) is 0.355. The summed E-state index contributed by atoms with van der Waals surface area (Å²) in [5, 5.41) is 4.56. The van der Waals surface area contributed by atoms with E-state index in [1.807, 2.05) is 13.0 Å². The Balaban J connectivity index is 1.48. The summed E-state index contributed by atoms with van der Waals surface area (Å²) in [5.41, 5.74) is 11.9.